The van der Waals surface area contributed by atoms with Crippen molar-refractivity contribution < 1.29 is 19.1 Å². The molecule has 1 amide bonds. The number of para-hydroxylation sites is 1. The minimum atomic E-state index is -1.07. The SMILES string of the molecule is Cc1oc(C)c(C(=O)N(CC(=O)O)c2ccccc2)c1C. The van der Waals surface area contributed by atoms with Gasteiger partial charge in [-0.05, 0) is 32.9 Å². The van der Waals surface area contributed by atoms with Crippen LogP contribution in [0.2, 0.25) is 0 Å². The molecule has 21 heavy (non-hydrogen) atoms. The first-order valence-electron chi connectivity index (χ1n) is 6.57. The lowest BCUT2D eigenvalue weighted by atomic mass is 10.1. The second kappa shape index (κ2) is 5.83. The quantitative estimate of drug-likeness (QED) is 0.938. The highest BCUT2D eigenvalue weighted by Crippen LogP contribution is 2.25. The molecule has 0 atom stereocenters. The number of furan rings is 1. The summed E-state index contributed by atoms with van der Waals surface area (Å²) in [5.74, 6) is -0.265. The number of nitrogens with zero attached hydrogens (tertiary/aromatic N) is 1. The molecule has 2 rings (SSSR count). The van der Waals surface area contributed by atoms with E-state index in [1.165, 1.54) is 4.90 Å². The van der Waals surface area contributed by atoms with Gasteiger partial charge >= 0.3 is 5.97 Å². The Kier molecular flexibility index (Phi) is 4.12. The third-order valence-electron chi connectivity index (χ3n) is 3.38. The van der Waals surface area contributed by atoms with Gasteiger partial charge in [0.2, 0.25) is 0 Å². The summed E-state index contributed by atoms with van der Waals surface area (Å²) in [6.07, 6.45) is 0. The molecule has 0 aliphatic rings. The monoisotopic (exact) mass is 287 g/mol. The minimum absolute atomic E-state index is 0.365. The van der Waals surface area contributed by atoms with Crippen LogP contribution in [0.5, 0.6) is 0 Å². The molecule has 0 saturated heterocycles. The van der Waals surface area contributed by atoms with Gasteiger partial charge in [0.05, 0.1) is 5.56 Å². The van der Waals surface area contributed by atoms with Crippen molar-refractivity contribution in [3.05, 3.63) is 53.0 Å². The Morgan fingerprint density at radius 3 is 2.19 bits per heavy atom. The number of amides is 1. The van der Waals surface area contributed by atoms with Crippen LogP contribution < -0.4 is 4.90 Å². The summed E-state index contributed by atoms with van der Waals surface area (Å²) in [6, 6.07) is 8.75. The standard InChI is InChI=1S/C16H17NO4/c1-10-11(2)21-12(3)15(10)16(20)17(9-14(18)19)13-7-5-4-6-8-13/h4-8H,9H2,1-3H3,(H,18,19). The highest BCUT2D eigenvalue weighted by molar-refractivity contribution is 6.09. The third-order valence-corrected chi connectivity index (χ3v) is 3.38. The van der Waals surface area contributed by atoms with Crippen molar-refractivity contribution in [1.29, 1.82) is 0 Å². The molecule has 0 saturated carbocycles. The largest absolute Gasteiger partial charge is 0.480 e. The minimum Gasteiger partial charge on any atom is -0.480 e. The molecule has 0 aliphatic heterocycles. The Labute approximate surface area is 122 Å². The van der Waals surface area contributed by atoms with Gasteiger partial charge < -0.3 is 9.52 Å². The summed E-state index contributed by atoms with van der Waals surface area (Å²) in [6.45, 7) is 4.88. The number of hydrogen-bond acceptors (Lipinski definition) is 3. The average molecular weight is 287 g/mol. The molecule has 1 heterocycles. The highest BCUT2D eigenvalue weighted by Gasteiger charge is 2.26. The summed E-state index contributed by atoms with van der Waals surface area (Å²) >= 11 is 0. The zero-order chi connectivity index (χ0) is 15.6. The third kappa shape index (κ3) is 2.97. The van der Waals surface area contributed by atoms with Crippen molar-refractivity contribution in [1.82, 2.24) is 0 Å². The van der Waals surface area contributed by atoms with Crippen LogP contribution in [0, 0.1) is 20.8 Å². The van der Waals surface area contributed by atoms with E-state index in [4.69, 9.17) is 9.52 Å². The first-order valence-corrected chi connectivity index (χ1v) is 6.57. The fourth-order valence-electron chi connectivity index (χ4n) is 2.27. The van der Waals surface area contributed by atoms with E-state index in [-0.39, 0.29) is 5.91 Å². The van der Waals surface area contributed by atoms with E-state index in [0.29, 0.717) is 22.8 Å². The summed E-state index contributed by atoms with van der Waals surface area (Å²) < 4.78 is 5.46. The Hall–Kier alpha value is -2.56. The van der Waals surface area contributed by atoms with Crippen LogP contribution in [0.25, 0.3) is 0 Å². The fourth-order valence-corrected chi connectivity index (χ4v) is 2.27. The molecule has 0 unspecified atom stereocenters. The van der Waals surface area contributed by atoms with Crippen molar-refractivity contribution in [2.45, 2.75) is 20.8 Å². The number of aryl methyl sites for hydroxylation is 2. The Bertz CT molecular complexity index is 673. The Balaban J connectivity index is 2.46. The van der Waals surface area contributed by atoms with Crippen molar-refractivity contribution in [2.75, 3.05) is 11.4 Å². The van der Waals surface area contributed by atoms with Crippen molar-refractivity contribution in [3.63, 3.8) is 0 Å². The summed E-state index contributed by atoms with van der Waals surface area (Å²) in [5.41, 5.74) is 1.71. The number of rotatable bonds is 4. The number of benzene rings is 1. The van der Waals surface area contributed by atoms with Crippen molar-refractivity contribution in [2.24, 2.45) is 0 Å². The van der Waals surface area contributed by atoms with E-state index < -0.39 is 12.5 Å². The van der Waals surface area contributed by atoms with E-state index in [0.717, 1.165) is 5.56 Å². The van der Waals surface area contributed by atoms with Gasteiger partial charge in [0.1, 0.15) is 18.1 Å². The molecular formula is C16H17NO4. The first-order chi connectivity index (χ1) is 9.91. The van der Waals surface area contributed by atoms with Gasteiger partial charge in [0, 0.05) is 11.3 Å². The molecule has 5 heteroatoms. The van der Waals surface area contributed by atoms with Gasteiger partial charge in [-0.15, -0.1) is 0 Å². The number of aliphatic carboxylic acids is 1. The molecule has 110 valence electrons. The number of hydrogen-bond donors (Lipinski definition) is 1. The van der Waals surface area contributed by atoms with E-state index in [1.54, 1.807) is 45.0 Å². The maximum Gasteiger partial charge on any atom is 0.323 e. The number of carboxylic acid groups (broad SMARTS) is 1. The predicted octanol–water partition coefficient (Wildman–Crippen LogP) is 2.94. The lowest BCUT2D eigenvalue weighted by molar-refractivity contribution is -0.135. The zero-order valence-electron chi connectivity index (χ0n) is 12.2. The van der Waals surface area contributed by atoms with Gasteiger partial charge in [0.25, 0.3) is 5.91 Å². The molecule has 0 aliphatic carbocycles. The smallest absolute Gasteiger partial charge is 0.323 e. The summed E-state index contributed by atoms with van der Waals surface area (Å²) in [7, 11) is 0. The van der Waals surface area contributed by atoms with Gasteiger partial charge in [-0.25, -0.2) is 0 Å². The van der Waals surface area contributed by atoms with Crippen LogP contribution in [0.1, 0.15) is 27.4 Å². The molecule has 0 spiro atoms. The van der Waals surface area contributed by atoms with Crippen LogP contribution in [-0.4, -0.2) is 23.5 Å². The predicted molar refractivity (Wildman–Crippen MR) is 78.7 cm³/mol. The highest BCUT2D eigenvalue weighted by atomic mass is 16.4. The second-order valence-electron chi connectivity index (χ2n) is 4.84. The Morgan fingerprint density at radius 2 is 1.71 bits per heavy atom. The topological polar surface area (TPSA) is 70.8 Å². The van der Waals surface area contributed by atoms with Crippen LogP contribution in [0.4, 0.5) is 5.69 Å². The lowest BCUT2D eigenvalue weighted by Gasteiger charge is -2.21. The number of carbonyl (C=O) groups excluding carboxylic acids is 1. The van der Waals surface area contributed by atoms with E-state index in [2.05, 4.69) is 0 Å². The number of anilines is 1. The molecule has 1 aromatic carbocycles. The zero-order valence-corrected chi connectivity index (χ0v) is 12.2. The molecule has 0 radical (unpaired) electrons. The van der Waals surface area contributed by atoms with E-state index in [9.17, 15) is 9.59 Å². The van der Waals surface area contributed by atoms with Gasteiger partial charge in [-0.3, -0.25) is 14.5 Å². The summed E-state index contributed by atoms with van der Waals surface area (Å²) in [5, 5.41) is 9.07. The molecule has 0 fully saturated rings. The molecular weight excluding hydrogens is 270 g/mol. The molecule has 1 N–H and O–H groups in total. The first kappa shape index (κ1) is 14.8. The number of carbonyl (C=O) groups is 2. The van der Waals surface area contributed by atoms with Gasteiger partial charge in [-0.1, -0.05) is 18.2 Å². The van der Waals surface area contributed by atoms with Crippen LogP contribution in [0.3, 0.4) is 0 Å². The molecule has 0 bridgehead atoms. The van der Waals surface area contributed by atoms with Gasteiger partial charge in [0.15, 0.2) is 0 Å². The van der Waals surface area contributed by atoms with Crippen LogP contribution in [-0.2, 0) is 4.79 Å². The normalized spacial score (nSPS) is 10.4. The molecule has 1 aromatic heterocycles. The molecule has 2 aromatic rings. The second-order valence-corrected chi connectivity index (χ2v) is 4.84. The van der Waals surface area contributed by atoms with Crippen LogP contribution in [0.15, 0.2) is 34.7 Å². The Morgan fingerprint density at radius 1 is 1.10 bits per heavy atom. The van der Waals surface area contributed by atoms with E-state index >= 15 is 0 Å². The lowest BCUT2D eigenvalue weighted by Crippen LogP contribution is -2.36. The van der Waals surface area contributed by atoms with Gasteiger partial charge in [-0.2, -0.15) is 0 Å². The average Bonchev–Trinajstić information content (AvgIpc) is 2.70. The number of carboxylic acids is 1. The molecule has 5 nitrogen and oxygen atoms in total. The van der Waals surface area contributed by atoms with Crippen molar-refractivity contribution in [3.8, 4) is 0 Å². The van der Waals surface area contributed by atoms with E-state index in [1.807, 2.05) is 6.07 Å². The summed E-state index contributed by atoms with van der Waals surface area (Å²) in [4.78, 5) is 25.1. The maximum absolute atomic E-state index is 12.7. The van der Waals surface area contributed by atoms with Crippen molar-refractivity contribution >= 4 is 17.6 Å². The van der Waals surface area contributed by atoms with Crippen LogP contribution >= 0.6 is 0 Å². The maximum atomic E-state index is 12.7. The fraction of sp³-hybridized carbons (Fsp3) is 0.250.